The van der Waals surface area contributed by atoms with Crippen molar-refractivity contribution in [2.45, 2.75) is 49.2 Å². The summed E-state index contributed by atoms with van der Waals surface area (Å²) in [5.74, 6) is -1.75. The summed E-state index contributed by atoms with van der Waals surface area (Å²) in [5.41, 5.74) is 9.28. The Hall–Kier alpha value is -2.38. The predicted molar refractivity (Wildman–Crippen MR) is 121 cm³/mol. The van der Waals surface area contributed by atoms with Gasteiger partial charge in [-0.2, -0.15) is 5.26 Å². The quantitative estimate of drug-likeness (QED) is 0.616. The number of nitrogens with zero attached hydrogens (tertiary/aromatic N) is 1. The molecule has 4 rings (SSSR count). The maximum atomic E-state index is 15.2. The van der Waals surface area contributed by atoms with Crippen molar-refractivity contribution in [3.05, 3.63) is 64.2 Å². The third-order valence-corrected chi connectivity index (χ3v) is 8.05. The first-order valence-corrected chi connectivity index (χ1v) is 12.9. The van der Waals surface area contributed by atoms with Crippen molar-refractivity contribution in [3.63, 3.8) is 0 Å². The molecule has 6 nitrogen and oxygen atoms in total. The lowest BCUT2D eigenvalue weighted by Crippen LogP contribution is -2.39. The first kappa shape index (κ1) is 23.8. The van der Waals surface area contributed by atoms with E-state index in [-0.39, 0.29) is 40.6 Å². The minimum absolute atomic E-state index is 0.0149. The molecule has 0 bridgehead atoms. The molecule has 33 heavy (non-hydrogen) atoms. The minimum Gasteiger partial charge on any atom is -0.316 e. The summed E-state index contributed by atoms with van der Waals surface area (Å²) in [6, 6.07) is 9.70. The fraction of sp³-hybridized carbons (Fsp3) is 0.458. The highest BCUT2D eigenvalue weighted by Crippen LogP contribution is 2.48. The zero-order valence-corrected chi connectivity index (χ0v) is 19.6. The van der Waals surface area contributed by atoms with Crippen LogP contribution in [0.25, 0.3) is 0 Å². The van der Waals surface area contributed by atoms with Gasteiger partial charge in [0, 0.05) is 24.8 Å². The first-order valence-electron chi connectivity index (χ1n) is 11.0. The molecular formula is C24H28F2N4O2S. The number of hydrazine groups is 1. The standard InChI is InChI=1S/C24H28F2N4O2S/c1-13-6-14(12-28-2)7-20(26)23(13)17-10-18-21(9-16(17)11-27)29-30-24(18)15-4-5-22(19(25)8-15)33(3,31)32/h4-8,16-18,21,24,28-30H,9-10,12H2,1-3H3. The van der Waals surface area contributed by atoms with Gasteiger partial charge in [-0.15, -0.1) is 0 Å². The Kier molecular flexibility index (Phi) is 6.56. The molecule has 0 amide bonds. The maximum Gasteiger partial charge on any atom is 0.178 e. The Morgan fingerprint density at radius 1 is 1.15 bits per heavy atom. The molecule has 1 aliphatic heterocycles. The van der Waals surface area contributed by atoms with Crippen molar-refractivity contribution in [2.24, 2.45) is 11.8 Å². The fourth-order valence-corrected chi connectivity index (χ4v) is 6.21. The number of nitriles is 1. The molecule has 176 valence electrons. The summed E-state index contributed by atoms with van der Waals surface area (Å²) < 4.78 is 53.3. The van der Waals surface area contributed by atoms with Gasteiger partial charge in [-0.1, -0.05) is 12.1 Å². The van der Waals surface area contributed by atoms with Gasteiger partial charge >= 0.3 is 0 Å². The smallest absolute Gasteiger partial charge is 0.178 e. The molecule has 5 unspecified atom stereocenters. The lowest BCUT2D eigenvalue weighted by atomic mass is 9.66. The maximum absolute atomic E-state index is 15.2. The van der Waals surface area contributed by atoms with Crippen LogP contribution in [0.4, 0.5) is 8.78 Å². The van der Waals surface area contributed by atoms with Crippen molar-refractivity contribution >= 4 is 9.84 Å². The van der Waals surface area contributed by atoms with Gasteiger partial charge in [-0.3, -0.25) is 5.43 Å². The monoisotopic (exact) mass is 474 g/mol. The van der Waals surface area contributed by atoms with E-state index in [0.717, 1.165) is 17.4 Å². The van der Waals surface area contributed by atoms with Crippen molar-refractivity contribution in [1.82, 2.24) is 16.2 Å². The third kappa shape index (κ3) is 4.53. The van der Waals surface area contributed by atoms with Crippen molar-refractivity contribution in [2.75, 3.05) is 13.3 Å². The van der Waals surface area contributed by atoms with E-state index in [2.05, 4.69) is 22.2 Å². The van der Waals surface area contributed by atoms with Crippen LogP contribution >= 0.6 is 0 Å². The molecule has 0 spiro atoms. The van der Waals surface area contributed by atoms with Crippen LogP contribution in [0, 0.1) is 41.7 Å². The van der Waals surface area contributed by atoms with E-state index in [1.54, 1.807) is 13.1 Å². The summed E-state index contributed by atoms with van der Waals surface area (Å²) in [7, 11) is -1.86. The van der Waals surface area contributed by atoms with Crippen LogP contribution in [-0.2, 0) is 16.4 Å². The topological polar surface area (TPSA) is 94.0 Å². The summed E-state index contributed by atoms with van der Waals surface area (Å²) in [5, 5.41) is 12.9. The van der Waals surface area contributed by atoms with E-state index < -0.39 is 15.7 Å². The van der Waals surface area contributed by atoms with E-state index in [9.17, 15) is 18.1 Å². The number of nitrogens with one attached hydrogen (secondary N) is 3. The van der Waals surface area contributed by atoms with Crippen molar-refractivity contribution < 1.29 is 17.2 Å². The highest BCUT2D eigenvalue weighted by molar-refractivity contribution is 7.90. The second-order valence-corrected chi connectivity index (χ2v) is 11.1. The Morgan fingerprint density at radius 2 is 1.91 bits per heavy atom. The number of fused-ring (bicyclic) bond motifs is 1. The molecule has 2 fully saturated rings. The van der Waals surface area contributed by atoms with Gasteiger partial charge in [0.15, 0.2) is 9.84 Å². The number of hydrogen-bond acceptors (Lipinski definition) is 6. The largest absolute Gasteiger partial charge is 0.316 e. The van der Waals surface area contributed by atoms with Gasteiger partial charge in [-0.05, 0) is 73.2 Å². The molecule has 2 aliphatic rings. The van der Waals surface area contributed by atoms with Gasteiger partial charge < -0.3 is 5.32 Å². The van der Waals surface area contributed by atoms with Gasteiger partial charge in [-0.25, -0.2) is 22.6 Å². The Bertz CT molecular complexity index is 1190. The normalized spacial score (nSPS) is 27.2. The van der Waals surface area contributed by atoms with E-state index in [1.807, 2.05) is 13.0 Å². The fourth-order valence-electron chi connectivity index (χ4n) is 5.48. The number of rotatable bonds is 5. The average Bonchev–Trinajstić information content (AvgIpc) is 3.14. The van der Waals surface area contributed by atoms with Gasteiger partial charge in [0.2, 0.25) is 0 Å². The van der Waals surface area contributed by atoms with Gasteiger partial charge in [0.1, 0.15) is 16.5 Å². The summed E-state index contributed by atoms with van der Waals surface area (Å²) >= 11 is 0. The molecule has 5 atom stereocenters. The Labute approximate surface area is 193 Å². The SMILES string of the molecule is CNCc1cc(C)c(C2CC3C(CC2C#N)NNC3c2ccc(S(C)(=O)=O)c(F)c2)c(F)c1. The van der Waals surface area contributed by atoms with Crippen LogP contribution in [0.2, 0.25) is 0 Å². The van der Waals surface area contributed by atoms with Crippen LogP contribution in [0.15, 0.2) is 35.2 Å². The number of hydrogen-bond donors (Lipinski definition) is 3. The van der Waals surface area contributed by atoms with E-state index in [4.69, 9.17) is 0 Å². The van der Waals surface area contributed by atoms with Crippen molar-refractivity contribution in [3.8, 4) is 6.07 Å². The molecule has 0 radical (unpaired) electrons. The second kappa shape index (κ2) is 9.11. The highest BCUT2D eigenvalue weighted by atomic mass is 32.2. The Morgan fingerprint density at radius 3 is 2.52 bits per heavy atom. The lowest BCUT2D eigenvalue weighted by Gasteiger charge is -2.37. The summed E-state index contributed by atoms with van der Waals surface area (Å²) in [4.78, 5) is -0.334. The van der Waals surface area contributed by atoms with E-state index in [1.165, 1.54) is 18.2 Å². The van der Waals surface area contributed by atoms with Crippen LogP contribution in [-0.4, -0.2) is 27.8 Å². The molecule has 1 heterocycles. The Balaban J connectivity index is 1.67. The predicted octanol–water partition coefficient (Wildman–Crippen LogP) is 3.25. The van der Waals surface area contributed by atoms with Crippen LogP contribution in [0.1, 0.15) is 47.1 Å². The molecule has 1 aliphatic carbocycles. The zero-order valence-electron chi connectivity index (χ0n) is 18.8. The van der Waals surface area contributed by atoms with Crippen LogP contribution in [0.3, 0.4) is 0 Å². The van der Waals surface area contributed by atoms with E-state index >= 15 is 4.39 Å². The molecular weight excluding hydrogens is 446 g/mol. The molecule has 2 aromatic carbocycles. The second-order valence-electron chi connectivity index (χ2n) is 9.15. The lowest BCUT2D eigenvalue weighted by molar-refractivity contribution is 0.234. The molecule has 2 aromatic rings. The minimum atomic E-state index is -3.66. The van der Waals surface area contributed by atoms with Gasteiger partial charge in [0.25, 0.3) is 0 Å². The average molecular weight is 475 g/mol. The van der Waals surface area contributed by atoms with Gasteiger partial charge in [0.05, 0.1) is 18.0 Å². The number of benzene rings is 2. The zero-order chi connectivity index (χ0) is 23.9. The molecule has 1 saturated heterocycles. The van der Waals surface area contributed by atoms with Crippen LogP contribution < -0.4 is 16.2 Å². The molecule has 1 saturated carbocycles. The number of halogens is 2. The molecule has 3 N–H and O–H groups in total. The number of aryl methyl sites for hydroxylation is 1. The highest BCUT2D eigenvalue weighted by Gasteiger charge is 2.46. The summed E-state index contributed by atoms with van der Waals surface area (Å²) in [6.45, 7) is 2.43. The summed E-state index contributed by atoms with van der Waals surface area (Å²) in [6.07, 6.45) is 2.06. The first-order chi connectivity index (χ1) is 15.6. The number of sulfone groups is 1. The molecule has 0 aromatic heterocycles. The van der Waals surface area contributed by atoms with Crippen molar-refractivity contribution in [1.29, 1.82) is 5.26 Å². The molecule has 9 heteroatoms. The van der Waals surface area contributed by atoms with Crippen LogP contribution in [0.5, 0.6) is 0 Å². The van der Waals surface area contributed by atoms with E-state index in [0.29, 0.717) is 30.5 Å². The third-order valence-electron chi connectivity index (χ3n) is 6.92.